The molecule has 2 N–H and O–H groups in total. The van der Waals surface area contributed by atoms with Crippen LogP contribution in [0.2, 0.25) is 0 Å². The molecule has 2 rings (SSSR count). The number of hydrogen-bond acceptors (Lipinski definition) is 4. The molecule has 2 aromatic heterocycles. The van der Waals surface area contributed by atoms with Crippen molar-refractivity contribution in [1.82, 2.24) is 15.0 Å². The summed E-state index contributed by atoms with van der Waals surface area (Å²) in [5.41, 5.74) is 1.39. The summed E-state index contributed by atoms with van der Waals surface area (Å²) >= 11 is 0. The summed E-state index contributed by atoms with van der Waals surface area (Å²) in [5, 5.41) is 9.44. The average molecular weight is 217 g/mol. The van der Waals surface area contributed by atoms with Crippen LogP contribution in [0.1, 0.15) is 11.1 Å². The van der Waals surface area contributed by atoms with Gasteiger partial charge in [0.05, 0.1) is 5.56 Å². The quantitative estimate of drug-likeness (QED) is 0.751. The maximum atomic E-state index is 11.4. The van der Waals surface area contributed by atoms with Gasteiger partial charge in [-0.3, -0.25) is 9.78 Å². The molecular weight excluding hydrogens is 206 g/mol. The molecular formula is C11H11N3O2. The Bertz CT molecular complexity index is 573. The number of aromatic nitrogens is 3. The molecule has 5 nitrogen and oxygen atoms in total. The summed E-state index contributed by atoms with van der Waals surface area (Å²) in [5.74, 6) is 0.00854. The Morgan fingerprint density at radius 2 is 2.06 bits per heavy atom. The number of H-pyrrole nitrogens is 1. The monoisotopic (exact) mass is 217 g/mol. The molecule has 0 aliphatic heterocycles. The number of aryl methyl sites for hydroxylation is 1. The van der Waals surface area contributed by atoms with Crippen LogP contribution < -0.4 is 5.56 Å². The van der Waals surface area contributed by atoms with E-state index < -0.39 is 0 Å². The zero-order chi connectivity index (χ0) is 11.7. The van der Waals surface area contributed by atoms with Crippen molar-refractivity contribution in [2.24, 2.45) is 0 Å². The molecule has 5 heteroatoms. The number of pyridine rings is 1. The fourth-order valence-corrected chi connectivity index (χ4v) is 1.25. The van der Waals surface area contributed by atoms with E-state index in [4.69, 9.17) is 0 Å². The van der Waals surface area contributed by atoms with E-state index in [1.54, 1.807) is 12.3 Å². The van der Waals surface area contributed by atoms with Gasteiger partial charge in [-0.1, -0.05) is 6.07 Å². The second-order valence-electron chi connectivity index (χ2n) is 3.58. The van der Waals surface area contributed by atoms with Gasteiger partial charge >= 0.3 is 0 Å². The molecule has 16 heavy (non-hydrogen) atoms. The lowest BCUT2D eigenvalue weighted by Gasteiger charge is -2.02. The highest BCUT2D eigenvalue weighted by Gasteiger charge is 2.08. The van der Waals surface area contributed by atoms with Crippen molar-refractivity contribution in [3.8, 4) is 17.4 Å². The maximum Gasteiger partial charge on any atom is 0.257 e. The molecule has 0 spiro atoms. The zero-order valence-corrected chi connectivity index (χ0v) is 8.98. The fraction of sp³-hybridized carbons (Fsp3) is 0.182. The Morgan fingerprint density at radius 3 is 2.62 bits per heavy atom. The second kappa shape index (κ2) is 3.77. The highest BCUT2D eigenvalue weighted by atomic mass is 16.3. The first-order chi connectivity index (χ1) is 7.58. The lowest BCUT2D eigenvalue weighted by Crippen LogP contribution is -2.12. The van der Waals surface area contributed by atoms with Gasteiger partial charge in [-0.05, 0) is 25.5 Å². The normalized spacial score (nSPS) is 10.4. The highest BCUT2D eigenvalue weighted by molar-refractivity contribution is 5.50. The topological polar surface area (TPSA) is 78.9 Å². The molecule has 0 unspecified atom stereocenters. The molecule has 0 aliphatic carbocycles. The lowest BCUT2D eigenvalue weighted by molar-refractivity contribution is 0.447. The van der Waals surface area contributed by atoms with E-state index in [2.05, 4.69) is 15.0 Å². The largest absolute Gasteiger partial charge is 0.493 e. The van der Waals surface area contributed by atoms with E-state index in [1.807, 2.05) is 13.0 Å². The first-order valence-electron chi connectivity index (χ1n) is 4.81. The Labute approximate surface area is 91.8 Å². The van der Waals surface area contributed by atoms with E-state index in [0.717, 1.165) is 5.56 Å². The van der Waals surface area contributed by atoms with Crippen LogP contribution in [0.15, 0.2) is 23.1 Å². The summed E-state index contributed by atoms with van der Waals surface area (Å²) in [6.45, 7) is 3.42. The first kappa shape index (κ1) is 10.4. The molecule has 0 aliphatic rings. The van der Waals surface area contributed by atoms with Gasteiger partial charge in [-0.25, -0.2) is 0 Å². The lowest BCUT2D eigenvalue weighted by atomic mass is 10.2. The van der Waals surface area contributed by atoms with Crippen molar-refractivity contribution in [2.45, 2.75) is 13.8 Å². The van der Waals surface area contributed by atoms with Gasteiger partial charge < -0.3 is 10.1 Å². The molecule has 0 saturated carbocycles. The predicted molar refractivity (Wildman–Crippen MR) is 59.2 cm³/mol. The van der Waals surface area contributed by atoms with E-state index in [1.165, 1.54) is 6.92 Å². The minimum Gasteiger partial charge on any atom is -0.493 e. The highest BCUT2D eigenvalue weighted by Crippen LogP contribution is 2.14. The van der Waals surface area contributed by atoms with Gasteiger partial charge in [-0.15, -0.1) is 0 Å². The Kier molecular flexibility index (Phi) is 2.44. The van der Waals surface area contributed by atoms with Crippen molar-refractivity contribution in [2.75, 3.05) is 0 Å². The van der Waals surface area contributed by atoms with E-state index in [-0.39, 0.29) is 22.8 Å². The second-order valence-corrected chi connectivity index (χ2v) is 3.58. The zero-order valence-electron chi connectivity index (χ0n) is 8.98. The van der Waals surface area contributed by atoms with Gasteiger partial charge in [0, 0.05) is 6.20 Å². The molecule has 0 radical (unpaired) electrons. The minimum atomic E-state index is -0.357. The third-order valence-corrected chi connectivity index (χ3v) is 2.28. The van der Waals surface area contributed by atoms with E-state index >= 15 is 0 Å². The fourth-order valence-electron chi connectivity index (χ4n) is 1.25. The van der Waals surface area contributed by atoms with Gasteiger partial charge in [0.25, 0.3) is 5.56 Å². The first-order valence-corrected chi connectivity index (χ1v) is 4.81. The van der Waals surface area contributed by atoms with Crippen LogP contribution in [0, 0.1) is 13.8 Å². The van der Waals surface area contributed by atoms with Crippen molar-refractivity contribution < 1.29 is 5.11 Å². The molecule has 0 bridgehead atoms. The standard InChI is InChI=1S/C11H11N3O2/c1-6-3-4-8(12-5-6)9-13-10(15)7(2)11(16)14-9/h3-5H,1-2H3,(H2,13,14,15,16). The summed E-state index contributed by atoms with van der Waals surface area (Å²) < 4.78 is 0. The summed E-state index contributed by atoms with van der Waals surface area (Å²) in [4.78, 5) is 22.0. The molecule has 2 aromatic rings. The summed E-state index contributed by atoms with van der Waals surface area (Å²) in [6.07, 6.45) is 1.67. The van der Waals surface area contributed by atoms with Crippen molar-refractivity contribution in [3.63, 3.8) is 0 Å². The van der Waals surface area contributed by atoms with Crippen LogP contribution in [-0.2, 0) is 0 Å². The van der Waals surface area contributed by atoms with Gasteiger partial charge in [0.2, 0.25) is 5.88 Å². The number of aromatic hydroxyl groups is 1. The van der Waals surface area contributed by atoms with Gasteiger partial charge in [0.15, 0.2) is 5.82 Å². The summed E-state index contributed by atoms with van der Waals surface area (Å²) in [7, 11) is 0. The number of hydrogen-bond donors (Lipinski definition) is 2. The molecule has 0 amide bonds. The molecule has 2 heterocycles. The average Bonchev–Trinajstić information content (AvgIpc) is 2.26. The Balaban J connectivity index is 2.57. The maximum absolute atomic E-state index is 11.4. The Hall–Kier alpha value is -2.17. The van der Waals surface area contributed by atoms with E-state index in [9.17, 15) is 9.90 Å². The number of rotatable bonds is 1. The van der Waals surface area contributed by atoms with Crippen LogP contribution in [0.5, 0.6) is 5.88 Å². The van der Waals surface area contributed by atoms with Crippen LogP contribution in [0.25, 0.3) is 11.5 Å². The molecule has 0 saturated heterocycles. The summed E-state index contributed by atoms with van der Waals surface area (Å²) in [6, 6.07) is 3.60. The van der Waals surface area contributed by atoms with Crippen molar-refractivity contribution in [1.29, 1.82) is 0 Å². The third-order valence-electron chi connectivity index (χ3n) is 2.28. The Morgan fingerprint density at radius 1 is 1.31 bits per heavy atom. The van der Waals surface area contributed by atoms with Crippen LogP contribution in [-0.4, -0.2) is 20.1 Å². The van der Waals surface area contributed by atoms with Crippen LogP contribution in [0.3, 0.4) is 0 Å². The van der Waals surface area contributed by atoms with E-state index in [0.29, 0.717) is 5.69 Å². The number of aromatic amines is 1. The van der Waals surface area contributed by atoms with Gasteiger partial charge in [0.1, 0.15) is 5.69 Å². The minimum absolute atomic E-state index is 0.205. The van der Waals surface area contributed by atoms with Crippen LogP contribution >= 0.6 is 0 Å². The predicted octanol–water partition coefficient (Wildman–Crippen LogP) is 1.15. The smallest absolute Gasteiger partial charge is 0.257 e. The molecule has 0 aromatic carbocycles. The SMILES string of the molecule is Cc1ccc(-c2nc(O)c(C)c(=O)[nH]2)nc1. The number of nitrogens with zero attached hydrogens (tertiary/aromatic N) is 2. The van der Waals surface area contributed by atoms with Gasteiger partial charge in [-0.2, -0.15) is 4.98 Å². The molecule has 0 atom stereocenters. The molecule has 82 valence electrons. The van der Waals surface area contributed by atoms with Crippen molar-refractivity contribution in [3.05, 3.63) is 39.8 Å². The third kappa shape index (κ3) is 1.79. The number of nitrogens with one attached hydrogen (secondary N) is 1. The van der Waals surface area contributed by atoms with Crippen LogP contribution in [0.4, 0.5) is 0 Å². The molecule has 0 fully saturated rings. The van der Waals surface area contributed by atoms with Crippen molar-refractivity contribution >= 4 is 0 Å².